The Balaban J connectivity index is 1.71. The van der Waals surface area contributed by atoms with E-state index in [9.17, 15) is 0 Å². The van der Waals surface area contributed by atoms with E-state index in [1.54, 1.807) is 0 Å². The van der Waals surface area contributed by atoms with Gasteiger partial charge in [0, 0.05) is 12.2 Å². The van der Waals surface area contributed by atoms with Gasteiger partial charge < -0.3 is 4.90 Å². The van der Waals surface area contributed by atoms with Crippen LogP contribution in [0, 0.1) is 6.92 Å². The maximum atomic E-state index is 4.84. The van der Waals surface area contributed by atoms with Gasteiger partial charge in [0.05, 0.1) is 29.0 Å². The number of benzene rings is 2. The molecule has 0 atom stereocenters. The molecule has 1 aliphatic rings. The van der Waals surface area contributed by atoms with Crippen LogP contribution in [-0.2, 0) is 13.0 Å². The van der Waals surface area contributed by atoms with Crippen LogP contribution in [0.2, 0.25) is 0 Å². The fourth-order valence-corrected chi connectivity index (χ4v) is 3.23. The molecule has 110 valence electrons. The fraction of sp³-hybridized carbons (Fsp3) is 0.263. The van der Waals surface area contributed by atoms with E-state index in [1.165, 1.54) is 24.1 Å². The molecule has 3 nitrogen and oxygen atoms in total. The minimum atomic E-state index is 0.834. The van der Waals surface area contributed by atoms with Crippen LogP contribution in [0.3, 0.4) is 0 Å². The number of hydrogen-bond donors (Lipinski definition) is 0. The molecule has 0 amide bonds. The molecule has 0 N–H and O–H groups in total. The van der Waals surface area contributed by atoms with Gasteiger partial charge in [-0.3, -0.25) is 0 Å². The highest BCUT2D eigenvalue weighted by molar-refractivity contribution is 5.74. The number of aryl methyl sites for hydroxylation is 2. The molecule has 3 aromatic rings. The van der Waals surface area contributed by atoms with Crippen LogP contribution in [0.15, 0.2) is 48.5 Å². The average Bonchev–Trinajstić information content (AvgIpc) is 2.56. The number of hydrogen-bond acceptors (Lipinski definition) is 3. The van der Waals surface area contributed by atoms with Gasteiger partial charge in [-0.2, -0.15) is 0 Å². The summed E-state index contributed by atoms with van der Waals surface area (Å²) in [5.74, 6) is 0. The van der Waals surface area contributed by atoms with E-state index in [0.717, 1.165) is 35.5 Å². The Morgan fingerprint density at radius 3 is 2.55 bits per heavy atom. The van der Waals surface area contributed by atoms with Crippen LogP contribution in [-0.4, -0.2) is 16.5 Å². The summed E-state index contributed by atoms with van der Waals surface area (Å²) in [5, 5.41) is 0. The van der Waals surface area contributed by atoms with Crippen LogP contribution >= 0.6 is 0 Å². The molecular formula is C19H19N3. The van der Waals surface area contributed by atoms with Crippen molar-refractivity contribution in [2.45, 2.75) is 26.3 Å². The lowest BCUT2D eigenvalue weighted by molar-refractivity contribution is 0.681. The van der Waals surface area contributed by atoms with E-state index in [2.05, 4.69) is 36.1 Å². The van der Waals surface area contributed by atoms with Crippen molar-refractivity contribution in [1.29, 1.82) is 0 Å². The number of anilines is 1. The third kappa shape index (κ3) is 2.33. The van der Waals surface area contributed by atoms with Gasteiger partial charge in [-0.1, -0.05) is 30.3 Å². The number of aromatic nitrogens is 2. The summed E-state index contributed by atoms with van der Waals surface area (Å²) in [4.78, 5) is 12.0. The third-order valence-electron chi connectivity index (χ3n) is 4.39. The summed E-state index contributed by atoms with van der Waals surface area (Å²) in [6, 6.07) is 16.8. The summed E-state index contributed by atoms with van der Waals surface area (Å²) < 4.78 is 0. The fourth-order valence-electron chi connectivity index (χ4n) is 3.23. The first-order valence-electron chi connectivity index (χ1n) is 7.86. The molecular weight excluding hydrogens is 270 g/mol. The molecule has 1 aromatic heterocycles. The smallest absolute Gasteiger partial charge is 0.0891 e. The highest BCUT2D eigenvalue weighted by Gasteiger charge is 2.18. The standard InChI is InChI=1S/C19H19N3/c1-14-18(21-17-10-4-3-9-16(17)20-14)13-22-12-6-8-15-7-2-5-11-19(15)22/h2-5,7,9-11H,6,8,12-13H2,1H3. The zero-order valence-corrected chi connectivity index (χ0v) is 12.8. The zero-order chi connectivity index (χ0) is 14.9. The highest BCUT2D eigenvalue weighted by Crippen LogP contribution is 2.28. The predicted molar refractivity (Wildman–Crippen MR) is 90.1 cm³/mol. The van der Waals surface area contributed by atoms with Crippen molar-refractivity contribution in [3.63, 3.8) is 0 Å². The van der Waals surface area contributed by atoms with Crippen LogP contribution in [0.4, 0.5) is 5.69 Å². The Hall–Kier alpha value is -2.42. The molecule has 0 unspecified atom stereocenters. The van der Waals surface area contributed by atoms with Gasteiger partial charge >= 0.3 is 0 Å². The quantitative estimate of drug-likeness (QED) is 0.716. The minimum Gasteiger partial charge on any atom is -0.365 e. The van der Waals surface area contributed by atoms with Crippen molar-refractivity contribution in [3.8, 4) is 0 Å². The SMILES string of the molecule is Cc1nc2ccccc2nc1CN1CCCc2ccccc21. The maximum absolute atomic E-state index is 4.84. The first-order chi connectivity index (χ1) is 10.8. The predicted octanol–water partition coefficient (Wildman–Crippen LogP) is 3.89. The summed E-state index contributed by atoms with van der Waals surface area (Å²) in [6.45, 7) is 3.98. The molecule has 0 saturated carbocycles. The second-order valence-corrected chi connectivity index (χ2v) is 5.90. The van der Waals surface area contributed by atoms with Gasteiger partial charge in [0.2, 0.25) is 0 Å². The van der Waals surface area contributed by atoms with E-state index in [1.807, 2.05) is 24.3 Å². The van der Waals surface area contributed by atoms with E-state index in [4.69, 9.17) is 9.97 Å². The summed E-state index contributed by atoms with van der Waals surface area (Å²) in [5.41, 5.74) is 6.86. The van der Waals surface area contributed by atoms with Crippen LogP contribution in [0.1, 0.15) is 23.4 Å². The van der Waals surface area contributed by atoms with Crippen molar-refractivity contribution in [3.05, 3.63) is 65.5 Å². The molecule has 1 aliphatic heterocycles. The molecule has 2 aromatic carbocycles. The van der Waals surface area contributed by atoms with E-state index < -0.39 is 0 Å². The van der Waals surface area contributed by atoms with Crippen molar-refractivity contribution in [2.24, 2.45) is 0 Å². The number of para-hydroxylation sites is 3. The Bertz CT molecular complexity index is 826. The largest absolute Gasteiger partial charge is 0.365 e. The van der Waals surface area contributed by atoms with Crippen molar-refractivity contribution in [2.75, 3.05) is 11.4 Å². The van der Waals surface area contributed by atoms with Gasteiger partial charge in [0.1, 0.15) is 0 Å². The van der Waals surface area contributed by atoms with E-state index in [-0.39, 0.29) is 0 Å². The summed E-state index contributed by atoms with van der Waals surface area (Å²) in [7, 11) is 0. The second-order valence-electron chi connectivity index (χ2n) is 5.90. The third-order valence-corrected chi connectivity index (χ3v) is 4.39. The number of rotatable bonds is 2. The molecule has 0 bridgehead atoms. The molecule has 0 spiro atoms. The maximum Gasteiger partial charge on any atom is 0.0891 e. The van der Waals surface area contributed by atoms with Gasteiger partial charge in [0.15, 0.2) is 0 Å². The van der Waals surface area contributed by atoms with Gasteiger partial charge in [-0.15, -0.1) is 0 Å². The van der Waals surface area contributed by atoms with Crippen molar-refractivity contribution < 1.29 is 0 Å². The molecule has 22 heavy (non-hydrogen) atoms. The number of fused-ring (bicyclic) bond motifs is 2. The molecule has 0 aliphatic carbocycles. The first-order valence-corrected chi connectivity index (χ1v) is 7.86. The van der Waals surface area contributed by atoms with Crippen LogP contribution in [0.25, 0.3) is 11.0 Å². The first kappa shape index (κ1) is 13.3. The second kappa shape index (κ2) is 5.41. The Kier molecular flexibility index (Phi) is 3.26. The molecule has 0 fully saturated rings. The Morgan fingerprint density at radius 2 is 1.68 bits per heavy atom. The molecule has 3 heteroatoms. The molecule has 4 rings (SSSR count). The highest BCUT2D eigenvalue weighted by atomic mass is 15.1. The summed E-state index contributed by atoms with van der Waals surface area (Å²) in [6.07, 6.45) is 2.38. The molecule has 0 saturated heterocycles. The van der Waals surface area contributed by atoms with Crippen molar-refractivity contribution in [1.82, 2.24) is 9.97 Å². The van der Waals surface area contributed by atoms with Gasteiger partial charge in [-0.05, 0) is 43.5 Å². The average molecular weight is 289 g/mol. The van der Waals surface area contributed by atoms with Crippen LogP contribution in [0.5, 0.6) is 0 Å². The van der Waals surface area contributed by atoms with Crippen LogP contribution < -0.4 is 4.90 Å². The van der Waals surface area contributed by atoms with Gasteiger partial charge in [-0.25, -0.2) is 9.97 Å². The van der Waals surface area contributed by atoms with Crippen molar-refractivity contribution >= 4 is 16.7 Å². The molecule has 0 radical (unpaired) electrons. The normalized spacial score (nSPS) is 14.1. The lowest BCUT2D eigenvalue weighted by Crippen LogP contribution is -2.29. The zero-order valence-electron chi connectivity index (χ0n) is 12.8. The Morgan fingerprint density at radius 1 is 0.955 bits per heavy atom. The van der Waals surface area contributed by atoms with E-state index in [0.29, 0.717) is 0 Å². The lowest BCUT2D eigenvalue weighted by atomic mass is 10.0. The topological polar surface area (TPSA) is 29.0 Å². The Labute approximate surface area is 130 Å². The number of nitrogens with zero attached hydrogens (tertiary/aromatic N) is 3. The van der Waals surface area contributed by atoms with Gasteiger partial charge in [0.25, 0.3) is 0 Å². The monoisotopic (exact) mass is 289 g/mol. The lowest BCUT2D eigenvalue weighted by Gasteiger charge is -2.31. The van der Waals surface area contributed by atoms with E-state index >= 15 is 0 Å². The molecule has 2 heterocycles. The minimum absolute atomic E-state index is 0.834. The summed E-state index contributed by atoms with van der Waals surface area (Å²) >= 11 is 0.